The fraction of sp³-hybridized carbons (Fsp3) is 0.158. The average Bonchev–Trinajstić information content (AvgIpc) is 2.68. The quantitative estimate of drug-likeness (QED) is 0.741. The van der Waals surface area contributed by atoms with E-state index in [1.54, 1.807) is 18.6 Å². The van der Waals surface area contributed by atoms with Crippen LogP contribution >= 0.6 is 0 Å². The van der Waals surface area contributed by atoms with E-state index in [4.69, 9.17) is 0 Å². The number of carbonyl (C=O) groups is 1. The Hall–Kier alpha value is -3.48. The maximum Gasteiger partial charge on any atom is 0.319 e. The molecule has 0 fully saturated rings. The van der Waals surface area contributed by atoms with E-state index in [2.05, 4.69) is 25.6 Å². The zero-order chi connectivity index (χ0) is 18.4. The summed E-state index contributed by atoms with van der Waals surface area (Å²) in [6, 6.07) is 13.1. The van der Waals surface area contributed by atoms with E-state index in [0.717, 1.165) is 16.9 Å². The van der Waals surface area contributed by atoms with Crippen LogP contribution < -0.4 is 15.5 Å². The van der Waals surface area contributed by atoms with Crippen LogP contribution in [-0.2, 0) is 6.54 Å². The summed E-state index contributed by atoms with van der Waals surface area (Å²) < 4.78 is 0. The largest absolute Gasteiger partial charge is 0.363 e. The SMILES string of the molecule is CN(C)c1cc(CNC(=O)Nc2cnc(-c3ccccc3)nc2)ccn1. The third kappa shape index (κ3) is 4.54. The highest BCUT2D eigenvalue weighted by molar-refractivity contribution is 5.88. The van der Waals surface area contributed by atoms with Gasteiger partial charge < -0.3 is 15.5 Å². The zero-order valence-corrected chi connectivity index (χ0v) is 14.7. The number of nitrogens with one attached hydrogen (secondary N) is 2. The maximum atomic E-state index is 12.1. The molecule has 0 radical (unpaired) electrons. The van der Waals surface area contributed by atoms with Crippen LogP contribution in [0.1, 0.15) is 5.56 Å². The smallest absolute Gasteiger partial charge is 0.319 e. The van der Waals surface area contributed by atoms with Gasteiger partial charge in [-0.05, 0) is 17.7 Å². The Morgan fingerprint density at radius 3 is 2.46 bits per heavy atom. The number of carbonyl (C=O) groups excluding carboxylic acids is 1. The highest BCUT2D eigenvalue weighted by Crippen LogP contribution is 2.14. The first-order chi connectivity index (χ1) is 12.6. The molecular weight excluding hydrogens is 328 g/mol. The van der Waals surface area contributed by atoms with Crippen LogP contribution in [0.3, 0.4) is 0 Å². The Labute approximate surface area is 152 Å². The highest BCUT2D eigenvalue weighted by Gasteiger charge is 2.05. The summed E-state index contributed by atoms with van der Waals surface area (Å²) in [7, 11) is 3.84. The molecule has 3 aromatic rings. The zero-order valence-electron chi connectivity index (χ0n) is 14.7. The van der Waals surface area contributed by atoms with Crippen molar-refractivity contribution in [2.75, 3.05) is 24.3 Å². The predicted molar refractivity (Wildman–Crippen MR) is 102 cm³/mol. The van der Waals surface area contributed by atoms with Gasteiger partial charge in [0.15, 0.2) is 5.82 Å². The molecule has 7 heteroatoms. The van der Waals surface area contributed by atoms with E-state index >= 15 is 0 Å². The van der Waals surface area contributed by atoms with Gasteiger partial charge in [-0.3, -0.25) is 0 Å². The first kappa shape index (κ1) is 17.3. The Balaban J connectivity index is 1.56. The van der Waals surface area contributed by atoms with Crippen molar-refractivity contribution in [2.24, 2.45) is 0 Å². The van der Waals surface area contributed by atoms with Gasteiger partial charge in [0.2, 0.25) is 0 Å². The second-order valence-electron chi connectivity index (χ2n) is 5.89. The summed E-state index contributed by atoms with van der Waals surface area (Å²) in [5.41, 5.74) is 2.43. The van der Waals surface area contributed by atoms with E-state index in [9.17, 15) is 4.79 Å². The van der Waals surface area contributed by atoms with Crippen molar-refractivity contribution in [3.8, 4) is 11.4 Å². The molecule has 26 heavy (non-hydrogen) atoms. The molecule has 0 aliphatic heterocycles. The van der Waals surface area contributed by atoms with E-state index in [-0.39, 0.29) is 6.03 Å². The molecule has 0 atom stereocenters. The molecule has 7 nitrogen and oxygen atoms in total. The van der Waals surface area contributed by atoms with Crippen LogP contribution in [0.15, 0.2) is 61.1 Å². The normalized spacial score (nSPS) is 10.2. The number of aromatic nitrogens is 3. The topological polar surface area (TPSA) is 83.0 Å². The van der Waals surface area contributed by atoms with Crippen LogP contribution in [0.2, 0.25) is 0 Å². The Bertz CT molecular complexity index is 865. The van der Waals surface area contributed by atoms with E-state index < -0.39 is 0 Å². The first-order valence-electron chi connectivity index (χ1n) is 8.16. The van der Waals surface area contributed by atoms with Crippen LogP contribution in [0.4, 0.5) is 16.3 Å². The number of nitrogens with zero attached hydrogens (tertiary/aromatic N) is 4. The number of pyridine rings is 1. The molecule has 2 aromatic heterocycles. The molecule has 2 heterocycles. The van der Waals surface area contributed by atoms with Gasteiger partial charge >= 0.3 is 6.03 Å². The lowest BCUT2D eigenvalue weighted by Gasteiger charge is -2.12. The molecule has 0 bridgehead atoms. The molecule has 132 valence electrons. The molecule has 0 unspecified atom stereocenters. The van der Waals surface area contributed by atoms with Crippen LogP contribution in [0, 0.1) is 0 Å². The van der Waals surface area contributed by atoms with Crippen molar-refractivity contribution in [1.29, 1.82) is 0 Å². The van der Waals surface area contributed by atoms with Crippen molar-refractivity contribution in [3.63, 3.8) is 0 Å². The highest BCUT2D eigenvalue weighted by atomic mass is 16.2. The van der Waals surface area contributed by atoms with Gasteiger partial charge in [0.1, 0.15) is 5.82 Å². The summed E-state index contributed by atoms with van der Waals surface area (Å²) in [5.74, 6) is 1.46. The number of benzene rings is 1. The molecule has 1 aromatic carbocycles. The summed E-state index contributed by atoms with van der Waals surface area (Å²) in [6.45, 7) is 0.401. The lowest BCUT2D eigenvalue weighted by molar-refractivity contribution is 0.251. The van der Waals surface area contributed by atoms with Gasteiger partial charge in [-0.2, -0.15) is 0 Å². The Morgan fingerprint density at radius 1 is 1.04 bits per heavy atom. The van der Waals surface area contributed by atoms with Crippen LogP contribution in [0.5, 0.6) is 0 Å². The second-order valence-corrected chi connectivity index (χ2v) is 5.89. The predicted octanol–water partition coefficient (Wildman–Crippen LogP) is 2.93. The summed E-state index contributed by atoms with van der Waals surface area (Å²) >= 11 is 0. The van der Waals surface area contributed by atoms with Gasteiger partial charge in [0, 0.05) is 32.4 Å². The van der Waals surface area contributed by atoms with E-state index in [1.807, 2.05) is 61.5 Å². The van der Waals surface area contributed by atoms with Crippen molar-refractivity contribution in [2.45, 2.75) is 6.54 Å². The van der Waals surface area contributed by atoms with Crippen LogP contribution in [-0.4, -0.2) is 35.1 Å². The Kier molecular flexibility index (Phi) is 5.38. The fourth-order valence-corrected chi connectivity index (χ4v) is 2.30. The Morgan fingerprint density at radius 2 is 1.77 bits per heavy atom. The molecule has 2 amide bonds. The minimum atomic E-state index is -0.315. The molecule has 0 saturated carbocycles. The summed E-state index contributed by atoms with van der Waals surface area (Å²) in [5, 5.41) is 5.54. The summed E-state index contributed by atoms with van der Waals surface area (Å²) in [4.78, 5) is 26.8. The monoisotopic (exact) mass is 348 g/mol. The lowest BCUT2D eigenvalue weighted by atomic mass is 10.2. The van der Waals surface area contributed by atoms with Crippen molar-refractivity contribution in [3.05, 3.63) is 66.6 Å². The van der Waals surface area contributed by atoms with Gasteiger partial charge in [0.05, 0.1) is 18.1 Å². The van der Waals surface area contributed by atoms with Gasteiger partial charge in [0.25, 0.3) is 0 Å². The average molecular weight is 348 g/mol. The van der Waals surface area contributed by atoms with Crippen molar-refractivity contribution < 1.29 is 4.79 Å². The maximum absolute atomic E-state index is 12.1. The summed E-state index contributed by atoms with van der Waals surface area (Å²) in [6.07, 6.45) is 4.90. The van der Waals surface area contributed by atoms with E-state index in [0.29, 0.717) is 18.1 Å². The van der Waals surface area contributed by atoms with Gasteiger partial charge in [-0.15, -0.1) is 0 Å². The molecule has 0 saturated heterocycles. The third-order valence-corrected chi connectivity index (χ3v) is 3.66. The second kappa shape index (κ2) is 8.06. The molecule has 3 rings (SSSR count). The third-order valence-electron chi connectivity index (χ3n) is 3.66. The van der Waals surface area contributed by atoms with Crippen LogP contribution in [0.25, 0.3) is 11.4 Å². The molecule has 2 N–H and O–H groups in total. The molecule has 0 aliphatic carbocycles. The van der Waals surface area contributed by atoms with E-state index in [1.165, 1.54) is 0 Å². The number of anilines is 2. The van der Waals surface area contributed by atoms with Crippen molar-refractivity contribution in [1.82, 2.24) is 20.3 Å². The lowest BCUT2D eigenvalue weighted by Crippen LogP contribution is -2.28. The molecule has 0 aliphatic rings. The molecule has 0 spiro atoms. The van der Waals surface area contributed by atoms with Gasteiger partial charge in [-0.1, -0.05) is 30.3 Å². The number of amides is 2. The van der Waals surface area contributed by atoms with Gasteiger partial charge in [-0.25, -0.2) is 19.7 Å². The standard InChI is InChI=1S/C19H20N6O/c1-25(2)17-10-14(8-9-20-17)11-23-19(26)24-16-12-21-18(22-13-16)15-6-4-3-5-7-15/h3-10,12-13H,11H2,1-2H3,(H2,23,24,26). The van der Waals surface area contributed by atoms with Crippen molar-refractivity contribution >= 4 is 17.5 Å². The minimum Gasteiger partial charge on any atom is -0.363 e. The first-order valence-corrected chi connectivity index (χ1v) is 8.16. The molecular formula is C19H20N6O. The number of rotatable bonds is 5. The number of urea groups is 1. The minimum absolute atomic E-state index is 0.315. The number of hydrogen-bond acceptors (Lipinski definition) is 5. The number of hydrogen-bond donors (Lipinski definition) is 2. The fourth-order valence-electron chi connectivity index (χ4n) is 2.30.